The van der Waals surface area contributed by atoms with Gasteiger partial charge in [0.2, 0.25) is 0 Å². The molecule has 0 bridgehead atoms. The molecule has 0 N–H and O–H groups in total. The van der Waals surface area contributed by atoms with Gasteiger partial charge in [0.25, 0.3) is 0 Å². The van der Waals surface area contributed by atoms with Crippen molar-refractivity contribution in [3.8, 4) is 0 Å². The summed E-state index contributed by atoms with van der Waals surface area (Å²) in [6, 6.07) is 5.00. The van der Waals surface area contributed by atoms with Crippen LogP contribution in [-0.2, 0) is 6.54 Å². The van der Waals surface area contributed by atoms with Crippen molar-refractivity contribution in [1.82, 2.24) is 9.88 Å². The van der Waals surface area contributed by atoms with Gasteiger partial charge >= 0.3 is 0 Å². The maximum absolute atomic E-state index is 4.06. The molecule has 2 atom stereocenters. The van der Waals surface area contributed by atoms with Crippen molar-refractivity contribution < 1.29 is 0 Å². The third-order valence-corrected chi connectivity index (χ3v) is 4.80. The third kappa shape index (κ3) is 3.71. The molecular formula is C14H22N2S. The molecule has 0 spiro atoms. The highest BCUT2D eigenvalue weighted by Crippen LogP contribution is 2.32. The van der Waals surface area contributed by atoms with Gasteiger partial charge in [-0.15, -0.1) is 0 Å². The van der Waals surface area contributed by atoms with E-state index in [9.17, 15) is 0 Å². The largest absolute Gasteiger partial charge is 0.299 e. The molecule has 1 aliphatic rings. The molecule has 0 radical (unpaired) electrons. The van der Waals surface area contributed by atoms with Crippen molar-refractivity contribution in [3.05, 3.63) is 30.1 Å². The molecule has 0 aromatic carbocycles. The number of thioether (sulfide) groups is 1. The van der Waals surface area contributed by atoms with Crippen LogP contribution in [0.15, 0.2) is 24.5 Å². The quantitative estimate of drug-likeness (QED) is 0.798. The van der Waals surface area contributed by atoms with E-state index in [0.717, 1.165) is 17.8 Å². The topological polar surface area (TPSA) is 16.1 Å². The zero-order valence-electron chi connectivity index (χ0n) is 10.8. The highest BCUT2D eigenvalue weighted by atomic mass is 32.2. The first kappa shape index (κ1) is 12.9. The fourth-order valence-electron chi connectivity index (χ4n) is 2.61. The molecule has 94 valence electrons. The molecule has 3 heteroatoms. The second kappa shape index (κ2) is 6.41. The summed E-state index contributed by atoms with van der Waals surface area (Å²) in [4.78, 5) is 6.57. The summed E-state index contributed by atoms with van der Waals surface area (Å²) in [6.45, 7) is 3.31. The second-order valence-electron chi connectivity index (χ2n) is 4.81. The number of pyridine rings is 1. The number of nitrogens with zero attached hydrogens (tertiary/aromatic N) is 2. The van der Waals surface area contributed by atoms with Crippen molar-refractivity contribution in [2.45, 2.75) is 44.0 Å². The van der Waals surface area contributed by atoms with Gasteiger partial charge in [0.05, 0.1) is 0 Å². The van der Waals surface area contributed by atoms with Gasteiger partial charge in [-0.1, -0.05) is 6.92 Å². The summed E-state index contributed by atoms with van der Waals surface area (Å²) in [5.41, 5.74) is 1.37. The summed E-state index contributed by atoms with van der Waals surface area (Å²) in [5.74, 6) is 1.26. The number of hydrogen-bond acceptors (Lipinski definition) is 3. The summed E-state index contributed by atoms with van der Waals surface area (Å²) in [7, 11) is 2.25. The Labute approximate surface area is 109 Å². The van der Waals surface area contributed by atoms with Crippen LogP contribution in [0.2, 0.25) is 0 Å². The first-order valence-corrected chi connectivity index (χ1v) is 7.55. The van der Waals surface area contributed by atoms with E-state index in [1.54, 1.807) is 0 Å². The van der Waals surface area contributed by atoms with Gasteiger partial charge in [0.15, 0.2) is 0 Å². The Morgan fingerprint density at radius 3 is 2.82 bits per heavy atom. The van der Waals surface area contributed by atoms with Crippen molar-refractivity contribution in [3.63, 3.8) is 0 Å². The minimum atomic E-state index is 0.771. The van der Waals surface area contributed by atoms with Gasteiger partial charge < -0.3 is 0 Å². The first-order valence-electron chi connectivity index (χ1n) is 6.50. The van der Waals surface area contributed by atoms with E-state index in [-0.39, 0.29) is 0 Å². The van der Waals surface area contributed by atoms with Gasteiger partial charge in [-0.05, 0) is 49.8 Å². The molecule has 0 amide bonds. The normalized spacial score (nSPS) is 24.4. The van der Waals surface area contributed by atoms with E-state index < -0.39 is 0 Å². The lowest BCUT2D eigenvalue weighted by molar-refractivity contribution is 0.238. The van der Waals surface area contributed by atoms with Crippen LogP contribution in [-0.4, -0.2) is 34.0 Å². The standard InChI is InChI=1S/C14H22N2S/c1-3-17-14-5-4-13(10-14)16(2)11-12-6-8-15-9-7-12/h6-9,13-14H,3-5,10-11H2,1-2H3. The molecule has 17 heavy (non-hydrogen) atoms. The van der Waals surface area contributed by atoms with Crippen LogP contribution in [0.4, 0.5) is 0 Å². The summed E-state index contributed by atoms with van der Waals surface area (Å²) in [5, 5.41) is 0.893. The third-order valence-electron chi connectivity index (χ3n) is 3.56. The first-order chi connectivity index (χ1) is 8.29. The average Bonchev–Trinajstić information content (AvgIpc) is 2.79. The van der Waals surface area contributed by atoms with Crippen LogP contribution in [0.3, 0.4) is 0 Å². The van der Waals surface area contributed by atoms with Gasteiger partial charge in [0.1, 0.15) is 0 Å². The molecule has 1 fully saturated rings. The van der Waals surface area contributed by atoms with E-state index in [0.29, 0.717) is 0 Å². The summed E-state index contributed by atoms with van der Waals surface area (Å²) < 4.78 is 0. The zero-order chi connectivity index (χ0) is 12.1. The predicted octanol–water partition coefficient (Wildman–Crippen LogP) is 3.19. The molecule has 1 aliphatic carbocycles. The van der Waals surface area contributed by atoms with E-state index in [1.165, 1.54) is 30.6 Å². The fraction of sp³-hybridized carbons (Fsp3) is 0.643. The molecule has 1 aromatic rings. The summed E-state index contributed by atoms with van der Waals surface area (Å²) in [6.07, 6.45) is 7.88. The smallest absolute Gasteiger partial charge is 0.0271 e. The van der Waals surface area contributed by atoms with Gasteiger partial charge in [-0.2, -0.15) is 11.8 Å². The van der Waals surface area contributed by atoms with Crippen LogP contribution in [0.5, 0.6) is 0 Å². The Bertz CT molecular complexity index is 328. The lowest BCUT2D eigenvalue weighted by Gasteiger charge is -2.24. The lowest BCUT2D eigenvalue weighted by Crippen LogP contribution is -2.29. The van der Waals surface area contributed by atoms with E-state index in [2.05, 4.69) is 47.7 Å². The maximum Gasteiger partial charge on any atom is 0.0271 e. The highest BCUT2D eigenvalue weighted by molar-refractivity contribution is 7.99. The number of aromatic nitrogens is 1. The van der Waals surface area contributed by atoms with E-state index >= 15 is 0 Å². The van der Waals surface area contributed by atoms with Gasteiger partial charge in [-0.3, -0.25) is 9.88 Å². The molecule has 0 saturated heterocycles. The molecule has 1 heterocycles. The maximum atomic E-state index is 4.06. The van der Waals surface area contributed by atoms with Crippen molar-refractivity contribution in [2.75, 3.05) is 12.8 Å². The zero-order valence-corrected chi connectivity index (χ0v) is 11.6. The molecule has 0 aliphatic heterocycles. The predicted molar refractivity (Wildman–Crippen MR) is 75.3 cm³/mol. The Morgan fingerprint density at radius 1 is 1.35 bits per heavy atom. The molecule has 2 unspecified atom stereocenters. The van der Waals surface area contributed by atoms with E-state index in [1.807, 2.05) is 12.4 Å². The number of hydrogen-bond donors (Lipinski definition) is 0. The van der Waals surface area contributed by atoms with Crippen LogP contribution < -0.4 is 0 Å². The van der Waals surface area contributed by atoms with Crippen LogP contribution >= 0.6 is 11.8 Å². The van der Waals surface area contributed by atoms with Crippen LogP contribution in [0, 0.1) is 0 Å². The monoisotopic (exact) mass is 250 g/mol. The van der Waals surface area contributed by atoms with Crippen molar-refractivity contribution in [2.24, 2.45) is 0 Å². The average molecular weight is 250 g/mol. The van der Waals surface area contributed by atoms with Crippen LogP contribution in [0.25, 0.3) is 0 Å². The van der Waals surface area contributed by atoms with Gasteiger partial charge in [-0.25, -0.2) is 0 Å². The SMILES string of the molecule is CCSC1CCC(N(C)Cc2ccncc2)C1. The van der Waals surface area contributed by atoms with Crippen LogP contribution in [0.1, 0.15) is 31.7 Å². The molecule has 2 nitrogen and oxygen atoms in total. The second-order valence-corrected chi connectivity index (χ2v) is 6.39. The highest BCUT2D eigenvalue weighted by Gasteiger charge is 2.27. The van der Waals surface area contributed by atoms with Crippen molar-refractivity contribution >= 4 is 11.8 Å². The minimum Gasteiger partial charge on any atom is -0.299 e. The Balaban J connectivity index is 1.83. The molecule has 1 saturated carbocycles. The lowest BCUT2D eigenvalue weighted by atomic mass is 10.2. The Hall–Kier alpha value is -0.540. The minimum absolute atomic E-state index is 0.771. The Kier molecular flexibility index (Phi) is 4.86. The van der Waals surface area contributed by atoms with Crippen molar-refractivity contribution in [1.29, 1.82) is 0 Å². The molecule has 2 rings (SSSR count). The Morgan fingerprint density at radius 2 is 2.12 bits per heavy atom. The molecular weight excluding hydrogens is 228 g/mol. The summed E-state index contributed by atoms with van der Waals surface area (Å²) >= 11 is 2.13. The van der Waals surface area contributed by atoms with Gasteiger partial charge in [0, 0.05) is 30.2 Å². The van der Waals surface area contributed by atoms with E-state index in [4.69, 9.17) is 0 Å². The molecule has 1 aromatic heterocycles. The fourth-order valence-corrected chi connectivity index (χ4v) is 3.74. The number of rotatable bonds is 5.